The third-order valence-corrected chi connectivity index (χ3v) is 18.5. The number of allylic oxidation sites excluding steroid dienone is 2. The maximum absolute atomic E-state index is 6.07. The maximum atomic E-state index is 6.07. The SMILES string of the molecule is CCCCC1=CC2(CC3(c4ccccc4-c4c3c3cc(C)ccc3n4C)[Si]2(C)CCCCCCOC(C)(C)C)c2ccccc21. The summed E-state index contributed by atoms with van der Waals surface area (Å²) in [5, 5.41) is 1.80. The zero-order valence-corrected chi connectivity index (χ0v) is 29.9. The highest BCUT2D eigenvalue weighted by Gasteiger charge is 2.76. The molecule has 3 aromatic carbocycles. The lowest BCUT2D eigenvalue weighted by atomic mass is 9.79. The van der Waals surface area contributed by atoms with E-state index in [9.17, 15) is 0 Å². The monoisotopic (exact) mass is 615 g/mol. The summed E-state index contributed by atoms with van der Waals surface area (Å²) in [5.41, 5.74) is 13.8. The standard InChI is InChI=1S/C42H53NOSi/c1-8-9-18-31-28-41(35-21-14-12-19-32(31)35)29-42(45(41,7)26-17-11-10-16-25-44-40(3,4)5)36-22-15-13-20-33(36)39-38(42)34-27-30(2)23-24-37(34)43(39)6/h12-15,19-24,27-28H,8-11,16-18,25-26,29H2,1-7H3. The number of aromatic nitrogens is 1. The number of benzene rings is 3. The second-order valence-electron chi connectivity index (χ2n) is 15.7. The first-order chi connectivity index (χ1) is 21.6. The third kappa shape index (κ3) is 4.43. The van der Waals surface area contributed by atoms with Crippen molar-refractivity contribution in [3.05, 3.63) is 101 Å². The van der Waals surface area contributed by atoms with E-state index in [1.54, 1.807) is 27.8 Å². The van der Waals surface area contributed by atoms with E-state index in [2.05, 4.69) is 126 Å². The van der Waals surface area contributed by atoms with Gasteiger partial charge < -0.3 is 9.30 Å². The first-order valence-electron chi connectivity index (χ1n) is 17.7. The van der Waals surface area contributed by atoms with Gasteiger partial charge >= 0.3 is 0 Å². The Hall–Kier alpha value is -2.88. The predicted molar refractivity (Wildman–Crippen MR) is 195 cm³/mol. The van der Waals surface area contributed by atoms with Gasteiger partial charge in [0.2, 0.25) is 0 Å². The number of fused-ring (bicyclic) bond motifs is 9. The fourth-order valence-corrected chi connectivity index (χ4v) is 16.4. The average molecular weight is 616 g/mol. The third-order valence-electron chi connectivity index (χ3n) is 12.0. The van der Waals surface area contributed by atoms with Gasteiger partial charge in [-0.25, -0.2) is 0 Å². The van der Waals surface area contributed by atoms with Gasteiger partial charge in [0.15, 0.2) is 0 Å². The summed E-state index contributed by atoms with van der Waals surface area (Å²) >= 11 is 0. The molecule has 3 heteroatoms. The van der Waals surface area contributed by atoms with Crippen molar-refractivity contribution in [2.24, 2.45) is 7.05 Å². The Labute approximate surface area is 272 Å². The van der Waals surface area contributed by atoms with Gasteiger partial charge in [-0.05, 0) is 93.3 Å². The summed E-state index contributed by atoms with van der Waals surface area (Å²) in [6.07, 6.45) is 12.8. The van der Waals surface area contributed by atoms with Gasteiger partial charge in [-0.2, -0.15) is 0 Å². The van der Waals surface area contributed by atoms with E-state index >= 15 is 0 Å². The van der Waals surface area contributed by atoms with Gasteiger partial charge in [0, 0.05) is 40.2 Å². The van der Waals surface area contributed by atoms with Gasteiger partial charge in [-0.3, -0.25) is 0 Å². The Balaban J connectivity index is 1.36. The molecule has 45 heavy (non-hydrogen) atoms. The molecule has 0 bridgehead atoms. The lowest BCUT2D eigenvalue weighted by Gasteiger charge is -2.68. The minimum atomic E-state index is -2.11. The molecule has 4 aromatic rings. The van der Waals surface area contributed by atoms with E-state index in [1.165, 1.54) is 78.7 Å². The van der Waals surface area contributed by atoms with Crippen LogP contribution in [-0.4, -0.2) is 24.8 Å². The van der Waals surface area contributed by atoms with Crippen LogP contribution in [0, 0.1) is 6.92 Å². The molecule has 2 nitrogen and oxygen atoms in total. The van der Waals surface area contributed by atoms with Crippen molar-refractivity contribution >= 4 is 24.5 Å². The smallest absolute Gasteiger partial charge is 0.0831 e. The van der Waals surface area contributed by atoms with Crippen LogP contribution in [0.2, 0.25) is 12.6 Å². The van der Waals surface area contributed by atoms with Crippen molar-refractivity contribution in [1.82, 2.24) is 4.57 Å². The summed E-state index contributed by atoms with van der Waals surface area (Å²) in [6, 6.07) is 27.6. The first kappa shape index (κ1) is 30.8. The Morgan fingerprint density at radius 3 is 2.33 bits per heavy atom. The number of hydrogen-bond acceptors (Lipinski definition) is 1. The molecule has 236 valence electrons. The van der Waals surface area contributed by atoms with Crippen LogP contribution in [0.3, 0.4) is 0 Å². The molecule has 1 aromatic heterocycles. The molecule has 3 atom stereocenters. The minimum absolute atomic E-state index is 0.0485. The molecule has 2 aliphatic carbocycles. The fourth-order valence-electron chi connectivity index (χ4n) is 9.87. The van der Waals surface area contributed by atoms with Crippen LogP contribution in [0.5, 0.6) is 0 Å². The number of nitrogens with zero attached hydrogens (tertiary/aromatic N) is 1. The van der Waals surface area contributed by atoms with Gasteiger partial charge in [0.1, 0.15) is 0 Å². The molecular formula is C42H53NOSi. The van der Waals surface area contributed by atoms with E-state index < -0.39 is 8.07 Å². The quantitative estimate of drug-likeness (QED) is 0.128. The van der Waals surface area contributed by atoms with Crippen molar-refractivity contribution in [3.63, 3.8) is 0 Å². The molecule has 0 N–H and O–H groups in total. The molecule has 2 heterocycles. The molecule has 1 aliphatic heterocycles. The van der Waals surface area contributed by atoms with Crippen LogP contribution >= 0.6 is 0 Å². The maximum Gasteiger partial charge on any atom is 0.0831 e. The van der Waals surface area contributed by atoms with Crippen LogP contribution in [0.15, 0.2) is 72.8 Å². The fraction of sp³-hybridized carbons (Fsp3) is 0.476. The predicted octanol–water partition coefficient (Wildman–Crippen LogP) is 11.2. The normalized spacial score (nSPS) is 24.6. The number of ether oxygens (including phenoxy) is 1. The number of hydrogen-bond donors (Lipinski definition) is 0. The minimum Gasteiger partial charge on any atom is -0.376 e. The highest BCUT2D eigenvalue weighted by Crippen LogP contribution is 2.74. The lowest BCUT2D eigenvalue weighted by Crippen LogP contribution is -2.77. The lowest BCUT2D eigenvalue weighted by molar-refractivity contribution is -0.00471. The molecule has 3 aliphatic rings. The molecule has 0 amide bonds. The molecule has 0 saturated carbocycles. The summed E-state index contributed by atoms with van der Waals surface area (Å²) in [7, 11) is 0.206. The number of unbranched alkanes of at least 4 members (excludes halogenated alkanes) is 4. The molecule has 3 unspecified atom stereocenters. The van der Waals surface area contributed by atoms with Crippen molar-refractivity contribution in [2.75, 3.05) is 6.61 Å². The highest BCUT2D eigenvalue weighted by molar-refractivity contribution is 6.89. The van der Waals surface area contributed by atoms with Crippen LogP contribution in [-0.2, 0) is 21.9 Å². The van der Waals surface area contributed by atoms with Crippen LogP contribution in [0.25, 0.3) is 27.7 Å². The van der Waals surface area contributed by atoms with E-state index in [0.717, 1.165) is 13.0 Å². The zero-order chi connectivity index (χ0) is 31.6. The van der Waals surface area contributed by atoms with Crippen LogP contribution in [0.4, 0.5) is 0 Å². The summed E-state index contributed by atoms with van der Waals surface area (Å²) in [5.74, 6) is 0. The summed E-state index contributed by atoms with van der Waals surface area (Å²) < 4.78 is 8.60. The molecule has 2 spiro atoms. The second kappa shape index (κ2) is 11.1. The van der Waals surface area contributed by atoms with Crippen LogP contribution in [0.1, 0.15) is 107 Å². The highest BCUT2D eigenvalue weighted by atomic mass is 28.3. The largest absolute Gasteiger partial charge is 0.376 e. The summed E-state index contributed by atoms with van der Waals surface area (Å²) in [4.78, 5) is 0. The van der Waals surface area contributed by atoms with E-state index in [0.29, 0.717) is 0 Å². The van der Waals surface area contributed by atoms with Crippen molar-refractivity contribution in [1.29, 1.82) is 0 Å². The number of rotatable bonds is 10. The van der Waals surface area contributed by atoms with Gasteiger partial charge in [0.05, 0.1) is 19.4 Å². The second-order valence-corrected chi connectivity index (χ2v) is 20.6. The Bertz CT molecular complexity index is 1790. The van der Waals surface area contributed by atoms with Crippen molar-refractivity contribution in [3.8, 4) is 11.3 Å². The Kier molecular flexibility index (Phi) is 7.60. The average Bonchev–Trinajstić information content (AvgIpc) is 3.62. The zero-order valence-electron chi connectivity index (χ0n) is 28.9. The van der Waals surface area contributed by atoms with Gasteiger partial charge in [0.25, 0.3) is 0 Å². The Morgan fingerprint density at radius 1 is 0.867 bits per heavy atom. The van der Waals surface area contributed by atoms with Crippen LogP contribution < -0.4 is 0 Å². The molecular weight excluding hydrogens is 563 g/mol. The van der Waals surface area contributed by atoms with E-state index in [1.807, 2.05) is 0 Å². The van der Waals surface area contributed by atoms with Crippen molar-refractivity contribution < 1.29 is 4.74 Å². The number of aryl methyl sites for hydroxylation is 2. The van der Waals surface area contributed by atoms with Gasteiger partial charge in [-0.15, -0.1) is 0 Å². The molecule has 1 fully saturated rings. The topological polar surface area (TPSA) is 14.2 Å². The van der Waals surface area contributed by atoms with Gasteiger partial charge in [-0.1, -0.05) is 111 Å². The van der Waals surface area contributed by atoms with E-state index in [4.69, 9.17) is 4.74 Å². The van der Waals surface area contributed by atoms with E-state index in [-0.39, 0.29) is 15.7 Å². The molecule has 7 rings (SSSR count). The first-order valence-corrected chi connectivity index (χ1v) is 20.4. The molecule has 0 radical (unpaired) electrons. The Morgan fingerprint density at radius 2 is 1.58 bits per heavy atom. The van der Waals surface area contributed by atoms with Crippen molar-refractivity contribution in [2.45, 2.75) is 114 Å². The molecule has 1 saturated heterocycles. The summed E-state index contributed by atoms with van der Waals surface area (Å²) in [6.45, 7) is 14.8.